The van der Waals surface area contributed by atoms with Crippen molar-refractivity contribution in [1.82, 2.24) is 9.97 Å². The number of ether oxygens (including phenoxy) is 2. The first-order valence-electron chi connectivity index (χ1n) is 13.6. The van der Waals surface area contributed by atoms with Gasteiger partial charge in [0.25, 0.3) is 0 Å². The number of hydrogen-bond acceptors (Lipinski definition) is 8. The van der Waals surface area contributed by atoms with Crippen LogP contribution in [0.4, 0.5) is 0 Å². The molecule has 0 bridgehead atoms. The molecule has 41 heavy (non-hydrogen) atoms. The first-order chi connectivity index (χ1) is 19.9. The maximum atomic E-state index is 14.7. The number of aromatic nitrogens is 2. The van der Waals surface area contributed by atoms with Crippen molar-refractivity contribution in [2.45, 2.75) is 61.0 Å². The molecule has 5 rings (SSSR count). The molecule has 0 saturated carbocycles. The second-order valence-corrected chi connectivity index (χ2v) is 12.7. The van der Waals surface area contributed by atoms with Crippen LogP contribution < -0.4 is 0 Å². The van der Waals surface area contributed by atoms with E-state index in [1.807, 2.05) is 72.8 Å². The Kier molecular flexibility index (Phi) is 9.53. The van der Waals surface area contributed by atoms with Gasteiger partial charge >= 0.3 is 0 Å². The highest BCUT2D eigenvalue weighted by molar-refractivity contribution is 7.92. The molecular formula is C32H34N2O6S. The fourth-order valence-electron chi connectivity index (χ4n) is 5.35. The van der Waals surface area contributed by atoms with Gasteiger partial charge in [0.1, 0.15) is 24.4 Å². The van der Waals surface area contributed by atoms with Crippen LogP contribution >= 0.6 is 0 Å². The van der Waals surface area contributed by atoms with E-state index in [-0.39, 0.29) is 26.1 Å². The summed E-state index contributed by atoms with van der Waals surface area (Å²) in [5.41, 5.74) is 3.01. The number of hydrogen-bond donors (Lipinski definition) is 2. The van der Waals surface area contributed by atoms with Gasteiger partial charge in [-0.2, -0.15) is 0 Å². The molecule has 9 heteroatoms. The fourth-order valence-corrected chi connectivity index (χ4v) is 7.87. The molecule has 4 aromatic rings. The predicted molar refractivity (Wildman–Crippen MR) is 154 cm³/mol. The molecule has 2 aromatic heterocycles. The van der Waals surface area contributed by atoms with E-state index in [0.717, 1.165) is 22.3 Å². The van der Waals surface area contributed by atoms with Gasteiger partial charge in [0.2, 0.25) is 0 Å². The molecule has 0 unspecified atom stereocenters. The topological polar surface area (TPSA) is 119 Å². The number of aliphatic hydroxyl groups is 2. The Morgan fingerprint density at radius 1 is 0.585 bits per heavy atom. The Hall–Kier alpha value is -3.47. The Labute approximate surface area is 240 Å². The SMILES string of the molecule is O=S1(=O)[C@H](Cc2ccccc2)[C@H](OCc2cccnc2)[C@H](O)[C@@H](O)[C@@H](OCc2cccnc2)[C@H]1Cc1ccccc1. The maximum absolute atomic E-state index is 14.7. The molecule has 1 aliphatic heterocycles. The summed E-state index contributed by atoms with van der Waals surface area (Å²) in [5.74, 6) is 0. The van der Waals surface area contributed by atoms with E-state index in [0.29, 0.717) is 0 Å². The Morgan fingerprint density at radius 3 is 1.34 bits per heavy atom. The molecule has 214 valence electrons. The second kappa shape index (κ2) is 13.5. The minimum atomic E-state index is -4.07. The molecule has 1 saturated heterocycles. The summed E-state index contributed by atoms with van der Waals surface area (Å²) in [6, 6.07) is 25.6. The van der Waals surface area contributed by atoms with Gasteiger partial charge in [0.15, 0.2) is 9.84 Å². The highest BCUT2D eigenvalue weighted by atomic mass is 32.2. The van der Waals surface area contributed by atoms with Crippen molar-refractivity contribution in [3.8, 4) is 0 Å². The second-order valence-electron chi connectivity index (χ2n) is 10.3. The molecule has 8 nitrogen and oxygen atoms in total. The highest BCUT2D eigenvalue weighted by Gasteiger charge is 2.54. The molecule has 6 atom stereocenters. The summed E-state index contributed by atoms with van der Waals surface area (Å²) in [4.78, 5) is 8.21. The van der Waals surface area contributed by atoms with Gasteiger partial charge in [0.05, 0.1) is 23.7 Å². The van der Waals surface area contributed by atoms with Crippen LogP contribution in [0.25, 0.3) is 0 Å². The quantitative estimate of drug-likeness (QED) is 0.296. The number of benzene rings is 2. The Bertz CT molecular complexity index is 1350. The number of nitrogens with zero attached hydrogens (tertiary/aromatic N) is 2. The van der Waals surface area contributed by atoms with Gasteiger partial charge < -0.3 is 19.7 Å². The van der Waals surface area contributed by atoms with Gasteiger partial charge in [-0.3, -0.25) is 9.97 Å². The van der Waals surface area contributed by atoms with Crippen molar-refractivity contribution in [2.24, 2.45) is 0 Å². The molecule has 0 aliphatic carbocycles. The van der Waals surface area contributed by atoms with Gasteiger partial charge in [-0.15, -0.1) is 0 Å². The molecule has 0 spiro atoms. The number of rotatable bonds is 10. The van der Waals surface area contributed by atoms with E-state index in [2.05, 4.69) is 9.97 Å². The van der Waals surface area contributed by atoms with Gasteiger partial charge in [-0.25, -0.2) is 8.42 Å². The molecule has 3 heterocycles. The predicted octanol–water partition coefficient (Wildman–Crippen LogP) is 3.32. The summed E-state index contributed by atoms with van der Waals surface area (Å²) in [6.07, 6.45) is 1.21. The smallest absolute Gasteiger partial charge is 0.161 e. The van der Waals surface area contributed by atoms with Crippen LogP contribution in [0, 0.1) is 0 Å². The minimum absolute atomic E-state index is 0.0215. The Balaban J connectivity index is 1.55. The van der Waals surface area contributed by atoms with Crippen LogP contribution in [0.1, 0.15) is 22.3 Å². The minimum Gasteiger partial charge on any atom is -0.388 e. The van der Waals surface area contributed by atoms with E-state index >= 15 is 0 Å². The summed E-state index contributed by atoms with van der Waals surface area (Å²) < 4.78 is 41.7. The lowest BCUT2D eigenvalue weighted by molar-refractivity contribution is -0.139. The molecule has 0 amide bonds. The van der Waals surface area contributed by atoms with Crippen molar-refractivity contribution in [1.29, 1.82) is 0 Å². The molecule has 2 aromatic carbocycles. The molecule has 0 radical (unpaired) electrons. The van der Waals surface area contributed by atoms with E-state index < -0.39 is 44.8 Å². The summed E-state index contributed by atoms with van der Waals surface area (Å²) in [6.45, 7) is 0.0430. The van der Waals surface area contributed by atoms with Crippen molar-refractivity contribution >= 4 is 9.84 Å². The van der Waals surface area contributed by atoms with Crippen LogP contribution in [0.15, 0.2) is 110 Å². The van der Waals surface area contributed by atoms with Gasteiger partial charge in [0, 0.05) is 24.8 Å². The highest BCUT2D eigenvalue weighted by Crippen LogP contribution is 2.34. The monoisotopic (exact) mass is 574 g/mol. The standard InChI is InChI=1S/C32H34N2O6S/c35-29-30(36)32(40-22-26-14-8-16-34-20-26)28(18-24-11-5-2-6-12-24)41(37,38)27(17-23-9-3-1-4-10-23)31(29)39-21-25-13-7-15-33-19-25/h1-16,19-20,27-32,35-36H,17-18,21-22H2/t27-,28-,29-,30-,31+,32+/m1/s1. The van der Waals surface area contributed by atoms with Crippen molar-refractivity contribution in [2.75, 3.05) is 0 Å². The maximum Gasteiger partial charge on any atom is 0.161 e. The van der Waals surface area contributed by atoms with E-state index in [4.69, 9.17) is 9.47 Å². The van der Waals surface area contributed by atoms with E-state index in [9.17, 15) is 18.6 Å². The third kappa shape index (κ3) is 7.06. The zero-order valence-electron chi connectivity index (χ0n) is 22.5. The van der Waals surface area contributed by atoms with Crippen molar-refractivity contribution < 1.29 is 28.1 Å². The average Bonchev–Trinajstić information content (AvgIpc) is 3.06. The fraction of sp³-hybridized carbons (Fsp3) is 0.312. The lowest BCUT2D eigenvalue weighted by Gasteiger charge is -2.30. The largest absolute Gasteiger partial charge is 0.388 e. The van der Waals surface area contributed by atoms with Crippen LogP contribution in [0.5, 0.6) is 0 Å². The normalized spacial score (nSPS) is 25.8. The van der Waals surface area contributed by atoms with Gasteiger partial charge in [-0.05, 0) is 47.2 Å². The lowest BCUT2D eigenvalue weighted by atomic mass is 9.94. The molecule has 2 N–H and O–H groups in total. The summed E-state index contributed by atoms with van der Waals surface area (Å²) in [7, 11) is -4.07. The third-order valence-corrected chi connectivity index (χ3v) is 10.0. The Morgan fingerprint density at radius 2 is 0.976 bits per heavy atom. The molecule has 1 fully saturated rings. The number of sulfone groups is 1. The first-order valence-corrected chi connectivity index (χ1v) is 15.2. The van der Waals surface area contributed by atoms with Crippen LogP contribution in [0.2, 0.25) is 0 Å². The van der Waals surface area contributed by atoms with E-state index in [1.165, 1.54) is 0 Å². The molecule has 1 aliphatic rings. The van der Waals surface area contributed by atoms with Crippen molar-refractivity contribution in [3.63, 3.8) is 0 Å². The average molecular weight is 575 g/mol. The summed E-state index contributed by atoms with van der Waals surface area (Å²) in [5, 5.41) is 20.9. The summed E-state index contributed by atoms with van der Waals surface area (Å²) >= 11 is 0. The van der Waals surface area contributed by atoms with Crippen LogP contribution in [0.3, 0.4) is 0 Å². The first kappa shape index (κ1) is 29.0. The molecular weight excluding hydrogens is 540 g/mol. The zero-order chi connectivity index (χ0) is 28.7. The van der Waals surface area contributed by atoms with E-state index in [1.54, 1.807) is 36.9 Å². The lowest BCUT2D eigenvalue weighted by Crippen LogP contribution is -2.49. The number of aliphatic hydroxyl groups excluding tert-OH is 2. The van der Waals surface area contributed by atoms with Gasteiger partial charge in [-0.1, -0.05) is 72.8 Å². The third-order valence-electron chi connectivity index (χ3n) is 7.49. The zero-order valence-corrected chi connectivity index (χ0v) is 23.3. The number of pyridine rings is 2. The van der Waals surface area contributed by atoms with Crippen LogP contribution in [-0.4, -0.2) is 63.5 Å². The van der Waals surface area contributed by atoms with Crippen molar-refractivity contribution in [3.05, 3.63) is 132 Å². The van der Waals surface area contributed by atoms with Crippen LogP contribution in [-0.2, 0) is 45.4 Å².